The third kappa shape index (κ3) is 3.80. The number of alkyl halides is 3. The van der Waals surface area contributed by atoms with Crippen molar-refractivity contribution in [2.75, 3.05) is 20.1 Å². The van der Waals surface area contributed by atoms with Gasteiger partial charge in [-0.2, -0.15) is 18.3 Å². The third-order valence-electron chi connectivity index (χ3n) is 4.97. The van der Waals surface area contributed by atoms with E-state index < -0.39 is 11.9 Å². The molecule has 0 radical (unpaired) electrons. The van der Waals surface area contributed by atoms with Gasteiger partial charge in [0.05, 0.1) is 0 Å². The van der Waals surface area contributed by atoms with Crippen LogP contribution in [0.5, 0.6) is 0 Å². The highest BCUT2D eigenvalue weighted by atomic mass is 127. The Hall–Kier alpha value is -1.00. The van der Waals surface area contributed by atoms with Crippen LogP contribution in [0.15, 0.2) is 11.2 Å². The Morgan fingerprint density at radius 2 is 2.08 bits per heavy atom. The van der Waals surface area contributed by atoms with E-state index in [1.54, 1.807) is 7.05 Å². The molecule has 1 aromatic rings. The van der Waals surface area contributed by atoms with E-state index in [4.69, 9.17) is 0 Å². The van der Waals surface area contributed by atoms with Gasteiger partial charge in [0, 0.05) is 45.5 Å². The molecule has 1 saturated heterocycles. The Labute approximate surface area is 156 Å². The molecule has 0 unspecified atom stereocenters. The summed E-state index contributed by atoms with van der Waals surface area (Å²) in [7, 11) is 3.16. The van der Waals surface area contributed by atoms with Crippen molar-refractivity contribution in [2.24, 2.45) is 17.5 Å². The highest BCUT2D eigenvalue weighted by Gasteiger charge is 2.43. The third-order valence-corrected chi connectivity index (χ3v) is 4.97. The van der Waals surface area contributed by atoms with Crippen molar-refractivity contribution in [3.05, 3.63) is 17.5 Å². The van der Waals surface area contributed by atoms with E-state index in [-0.39, 0.29) is 36.1 Å². The molecule has 2 fully saturated rings. The number of nitrogens with zero attached hydrogens (tertiary/aromatic N) is 4. The summed E-state index contributed by atoms with van der Waals surface area (Å²) in [5.41, 5.74) is -0.276. The maximum atomic E-state index is 13.0. The quantitative estimate of drug-likeness (QED) is 0.422. The molecule has 0 atom stereocenters. The van der Waals surface area contributed by atoms with Crippen molar-refractivity contribution in [3.8, 4) is 0 Å². The Morgan fingerprint density at radius 3 is 2.58 bits per heavy atom. The number of rotatable bonds is 2. The van der Waals surface area contributed by atoms with Crippen molar-refractivity contribution in [3.63, 3.8) is 0 Å². The van der Waals surface area contributed by atoms with Gasteiger partial charge in [0.25, 0.3) is 0 Å². The van der Waals surface area contributed by atoms with Crippen molar-refractivity contribution in [1.29, 1.82) is 0 Å². The highest BCUT2D eigenvalue weighted by Crippen LogP contribution is 2.47. The van der Waals surface area contributed by atoms with Crippen molar-refractivity contribution in [2.45, 2.75) is 38.4 Å². The van der Waals surface area contributed by atoms with Crippen LogP contribution in [-0.4, -0.2) is 40.8 Å². The van der Waals surface area contributed by atoms with E-state index in [1.165, 1.54) is 37.2 Å². The monoisotopic (exact) mass is 457 g/mol. The summed E-state index contributed by atoms with van der Waals surface area (Å²) in [5, 5.41) is 6.59. The maximum absolute atomic E-state index is 13.0. The molecule has 0 bridgehead atoms. The van der Waals surface area contributed by atoms with Gasteiger partial charge in [-0.25, -0.2) is 0 Å². The van der Waals surface area contributed by atoms with Gasteiger partial charge in [-0.05, 0) is 24.7 Å². The fourth-order valence-electron chi connectivity index (χ4n) is 3.61. The minimum Gasteiger partial charge on any atom is -0.352 e. The molecule has 2 heterocycles. The van der Waals surface area contributed by atoms with E-state index in [1.807, 2.05) is 0 Å². The molecule has 1 spiro atoms. The smallest absolute Gasteiger partial charge is 0.352 e. The molecule has 24 heavy (non-hydrogen) atoms. The minimum absolute atomic E-state index is 0. The van der Waals surface area contributed by atoms with Crippen LogP contribution < -0.4 is 5.32 Å². The fourth-order valence-corrected chi connectivity index (χ4v) is 3.61. The zero-order valence-electron chi connectivity index (χ0n) is 13.9. The van der Waals surface area contributed by atoms with Gasteiger partial charge in [-0.1, -0.05) is 6.42 Å². The summed E-state index contributed by atoms with van der Waals surface area (Å²) in [5.74, 6) is 0.672. The first-order valence-electron chi connectivity index (χ1n) is 7.88. The minimum atomic E-state index is -4.44. The highest BCUT2D eigenvalue weighted by molar-refractivity contribution is 14.0. The molecule has 0 aromatic carbocycles. The molecule has 1 N–H and O–H groups in total. The number of likely N-dealkylation sites (tertiary alicyclic amines) is 1. The first-order chi connectivity index (χ1) is 10.8. The molecule has 1 aromatic heterocycles. The van der Waals surface area contributed by atoms with Crippen LogP contribution in [0.2, 0.25) is 0 Å². The van der Waals surface area contributed by atoms with Crippen molar-refractivity contribution >= 4 is 29.9 Å². The van der Waals surface area contributed by atoms with Crippen molar-refractivity contribution in [1.82, 2.24) is 20.0 Å². The second-order valence-electron chi connectivity index (χ2n) is 6.60. The SMILES string of the molecule is CN=C(NCc1cn(C)nc1C(F)(F)F)N1CCC2(CCC2)C1.I. The van der Waals surface area contributed by atoms with Gasteiger partial charge < -0.3 is 10.2 Å². The summed E-state index contributed by atoms with van der Waals surface area (Å²) < 4.78 is 40.1. The number of aryl methyl sites for hydroxylation is 1. The van der Waals surface area contributed by atoms with Crippen LogP contribution in [0.4, 0.5) is 13.2 Å². The lowest BCUT2D eigenvalue weighted by molar-refractivity contribution is -0.142. The first kappa shape index (κ1) is 19.3. The average molecular weight is 457 g/mol. The van der Waals surface area contributed by atoms with Gasteiger partial charge in [0.1, 0.15) is 0 Å². The lowest BCUT2D eigenvalue weighted by atomic mass is 9.68. The number of hydrogen-bond donors (Lipinski definition) is 1. The lowest BCUT2D eigenvalue weighted by Crippen LogP contribution is -2.42. The summed E-state index contributed by atoms with van der Waals surface area (Å²) in [6.45, 7) is 1.93. The Kier molecular flexibility index (Phi) is 5.71. The van der Waals surface area contributed by atoms with Crippen LogP contribution >= 0.6 is 24.0 Å². The summed E-state index contributed by atoms with van der Waals surface area (Å²) >= 11 is 0. The molecule has 1 saturated carbocycles. The molecule has 1 aliphatic heterocycles. The first-order valence-corrected chi connectivity index (χ1v) is 7.88. The molecule has 9 heteroatoms. The normalized spacial score (nSPS) is 20.0. The van der Waals surface area contributed by atoms with Gasteiger partial charge in [-0.15, -0.1) is 24.0 Å². The number of halogens is 4. The predicted molar refractivity (Wildman–Crippen MR) is 96.3 cm³/mol. The summed E-state index contributed by atoms with van der Waals surface area (Å²) in [6, 6.07) is 0. The number of hydrogen-bond acceptors (Lipinski definition) is 2. The zero-order valence-corrected chi connectivity index (χ0v) is 16.2. The van der Waals surface area contributed by atoms with Crippen molar-refractivity contribution < 1.29 is 13.2 Å². The molecule has 3 rings (SSSR count). The standard InChI is InChI=1S/C15H22F3N5.HI/c1-19-13(23-7-6-14(10-23)4-3-5-14)20-8-11-9-22(2)21-12(11)15(16,17)18;/h9H,3-8,10H2,1-2H3,(H,19,20);1H. The average Bonchev–Trinajstić information content (AvgIpc) is 3.03. The van der Waals surface area contributed by atoms with E-state index >= 15 is 0 Å². The largest absolute Gasteiger partial charge is 0.435 e. The molecular formula is C15H23F3IN5. The van der Waals surface area contributed by atoms with Crippen LogP contribution in [-0.2, 0) is 19.8 Å². The molecule has 0 amide bonds. The van der Waals surface area contributed by atoms with Crippen LogP contribution in [0.3, 0.4) is 0 Å². The Bertz CT molecular complexity index is 607. The van der Waals surface area contributed by atoms with Gasteiger partial charge in [0.2, 0.25) is 0 Å². The maximum Gasteiger partial charge on any atom is 0.435 e. The molecule has 136 valence electrons. The number of nitrogens with one attached hydrogen (secondary N) is 1. The van der Waals surface area contributed by atoms with Gasteiger partial charge in [0.15, 0.2) is 11.7 Å². The van der Waals surface area contributed by atoms with E-state index in [0.29, 0.717) is 11.4 Å². The number of aliphatic imine (C=N–C) groups is 1. The topological polar surface area (TPSA) is 45.5 Å². The number of aromatic nitrogens is 2. The van der Waals surface area contributed by atoms with E-state index in [9.17, 15) is 13.2 Å². The predicted octanol–water partition coefficient (Wildman–Crippen LogP) is 3.01. The summed E-state index contributed by atoms with van der Waals surface area (Å²) in [6.07, 6.45) is 1.90. The van der Waals surface area contributed by atoms with E-state index in [2.05, 4.69) is 20.3 Å². The summed E-state index contributed by atoms with van der Waals surface area (Å²) in [4.78, 5) is 6.39. The van der Waals surface area contributed by atoms with Crippen LogP contribution in [0.1, 0.15) is 36.9 Å². The molecule has 5 nitrogen and oxygen atoms in total. The Balaban J connectivity index is 0.00000208. The molecule has 1 aliphatic carbocycles. The zero-order chi connectivity index (χ0) is 16.7. The molecular weight excluding hydrogens is 434 g/mol. The van der Waals surface area contributed by atoms with E-state index in [0.717, 1.165) is 19.5 Å². The van der Waals surface area contributed by atoms with Gasteiger partial charge in [-0.3, -0.25) is 9.67 Å². The number of guanidine groups is 1. The lowest BCUT2D eigenvalue weighted by Gasteiger charge is -2.38. The van der Waals surface area contributed by atoms with Crippen LogP contribution in [0.25, 0.3) is 0 Å². The van der Waals surface area contributed by atoms with Crippen LogP contribution in [0, 0.1) is 5.41 Å². The van der Waals surface area contributed by atoms with Gasteiger partial charge >= 0.3 is 6.18 Å². The fraction of sp³-hybridized carbons (Fsp3) is 0.733. The second kappa shape index (κ2) is 7.09. The molecule has 2 aliphatic rings. The second-order valence-corrected chi connectivity index (χ2v) is 6.60. The Morgan fingerprint density at radius 1 is 1.38 bits per heavy atom.